The van der Waals surface area contributed by atoms with E-state index in [0.29, 0.717) is 6.54 Å². The summed E-state index contributed by atoms with van der Waals surface area (Å²) in [6, 6.07) is 6.03. The van der Waals surface area contributed by atoms with Gasteiger partial charge in [0.15, 0.2) is 0 Å². The lowest BCUT2D eigenvalue weighted by Gasteiger charge is -2.13. The minimum absolute atomic E-state index is 0.108. The molecule has 0 radical (unpaired) electrons. The second-order valence-corrected chi connectivity index (χ2v) is 5.64. The van der Waals surface area contributed by atoms with E-state index in [1.807, 2.05) is 40.0 Å². The normalized spacial score (nSPS) is 12.5. The zero-order valence-electron chi connectivity index (χ0n) is 11.6. The summed E-state index contributed by atoms with van der Waals surface area (Å²) in [7, 11) is 0. The van der Waals surface area contributed by atoms with Crippen LogP contribution in [0.2, 0.25) is 0 Å². The largest absolute Gasteiger partial charge is 0.265 e. The Morgan fingerprint density at radius 1 is 1.29 bits per heavy atom. The van der Waals surface area contributed by atoms with Crippen LogP contribution in [0, 0.1) is 0 Å². The predicted octanol–water partition coefficient (Wildman–Crippen LogP) is 2.68. The van der Waals surface area contributed by atoms with Gasteiger partial charge in [-0.2, -0.15) is 5.10 Å². The predicted molar refractivity (Wildman–Crippen MR) is 81.7 cm³/mol. The van der Waals surface area contributed by atoms with Crippen molar-refractivity contribution in [3.8, 4) is 0 Å². The fourth-order valence-electron chi connectivity index (χ4n) is 2.23. The van der Waals surface area contributed by atoms with Crippen LogP contribution < -0.4 is 0 Å². The third-order valence-electron chi connectivity index (χ3n) is 3.22. The van der Waals surface area contributed by atoms with E-state index in [1.54, 1.807) is 12.4 Å². The monoisotopic (exact) mass is 346 g/mol. The van der Waals surface area contributed by atoms with E-state index in [9.17, 15) is 0 Å². The zero-order valence-corrected chi connectivity index (χ0v) is 13.2. The summed E-state index contributed by atoms with van der Waals surface area (Å²) in [5.74, 6) is 0. The summed E-state index contributed by atoms with van der Waals surface area (Å²) in [6.07, 6.45) is 8.34. The minimum Gasteiger partial charge on any atom is -0.265 e. The standard InChI is InChI=1S/C14H15BrN6/c1-2-14(13-5-3-4-6-16-13)21-10-12(18-19-21)9-20-8-11(15)7-17-20/h3-8,10,14H,2,9H2,1H3/t14-/m0/s1. The third kappa shape index (κ3) is 3.18. The van der Waals surface area contributed by atoms with Gasteiger partial charge in [-0.1, -0.05) is 18.2 Å². The van der Waals surface area contributed by atoms with Crippen LogP contribution in [0.5, 0.6) is 0 Å². The van der Waals surface area contributed by atoms with Crippen LogP contribution in [-0.2, 0) is 6.54 Å². The van der Waals surface area contributed by atoms with Crippen LogP contribution in [-0.4, -0.2) is 29.8 Å². The van der Waals surface area contributed by atoms with E-state index in [-0.39, 0.29) is 6.04 Å². The molecule has 6 nitrogen and oxygen atoms in total. The lowest BCUT2D eigenvalue weighted by molar-refractivity contribution is 0.483. The third-order valence-corrected chi connectivity index (χ3v) is 3.63. The Hall–Kier alpha value is -2.02. The van der Waals surface area contributed by atoms with Crippen molar-refractivity contribution >= 4 is 15.9 Å². The summed E-state index contributed by atoms with van der Waals surface area (Å²) < 4.78 is 4.64. The van der Waals surface area contributed by atoms with Gasteiger partial charge in [0, 0.05) is 12.4 Å². The molecule has 0 saturated heterocycles. The SMILES string of the molecule is CC[C@@H](c1ccccn1)n1cc(Cn2cc(Br)cn2)nn1. The second kappa shape index (κ2) is 6.17. The quantitative estimate of drug-likeness (QED) is 0.712. The Labute approximate surface area is 130 Å². The van der Waals surface area contributed by atoms with Crippen LogP contribution >= 0.6 is 15.9 Å². The number of hydrogen-bond acceptors (Lipinski definition) is 4. The number of rotatable bonds is 5. The van der Waals surface area contributed by atoms with Crippen LogP contribution in [0.3, 0.4) is 0 Å². The van der Waals surface area contributed by atoms with Gasteiger partial charge in [0.25, 0.3) is 0 Å². The van der Waals surface area contributed by atoms with E-state index in [1.165, 1.54) is 0 Å². The van der Waals surface area contributed by atoms with E-state index in [2.05, 4.69) is 43.2 Å². The molecule has 3 heterocycles. The average Bonchev–Trinajstić information content (AvgIpc) is 3.11. The van der Waals surface area contributed by atoms with Crippen LogP contribution in [0.4, 0.5) is 0 Å². The minimum atomic E-state index is 0.108. The lowest BCUT2D eigenvalue weighted by atomic mass is 10.1. The average molecular weight is 347 g/mol. The zero-order chi connectivity index (χ0) is 14.7. The number of nitrogens with zero attached hydrogens (tertiary/aromatic N) is 6. The molecular formula is C14H15BrN6. The molecule has 0 N–H and O–H groups in total. The van der Waals surface area contributed by atoms with Gasteiger partial charge in [-0.05, 0) is 34.5 Å². The van der Waals surface area contributed by atoms with E-state index >= 15 is 0 Å². The van der Waals surface area contributed by atoms with Crippen LogP contribution in [0.1, 0.15) is 30.8 Å². The molecule has 1 atom stereocenters. The summed E-state index contributed by atoms with van der Waals surface area (Å²) in [6.45, 7) is 2.72. The molecule has 0 spiro atoms. The summed E-state index contributed by atoms with van der Waals surface area (Å²) >= 11 is 3.38. The van der Waals surface area contributed by atoms with Crippen LogP contribution in [0.25, 0.3) is 0 Å². The first-order valence-corrected chi connectivity index (χ1v) is 7.55. The molecule has 3 aromatic rings. The van der Waals surface area contributed by atoms with Gasteiger partial charge < -0.3 is 0 Å². The molecule has 7 heteroatoms. The molecule has 3 rings (SSSR count). The molecule has 0 amide bonds. The summed E-state index contributed by atoms with van der Waals surface area (Å²) in [5.41, 5.74) is 1.87. The van der Waals surface area contributed by atoms with Gasteiger partial charge in [-0.15, -0.1) is 5.10 Å². The molecule has 0 aromatic carbocycles. The molecule has 21 heavy (non-hydrogen) atoms. The highest BCUT2D eigenvalue weighted by Gasteiger charge is 2.15. The maximum atomic E-state index is 4.41. The van der Waals surface area contributed by atoms with Crippen molar-refractivity contribution in [1.82, 2.24) is 29.8 Å². The molecule has 0 aliphatic carbocycles. The Morgan fingerprint density at radius 2 is 2.19 bits per heavy atom. The first-order chi connectivity index (χ1) is 10.3. The maximum absolute atomic E-state index is 4.41. The van der Waals surface area contributed by atoms with Crippen molar-refractivity contribution in [1.29, 1.82) is 0 Å². The highest BCUT2D eigenvalue weighted by Crippen LogP contribution is 2.18. The Kier molecular flexibility index (Phi) is 4.10. The van der Waals surface area contributed by atoms with Gasteiger partial charge in [0.2, 0.25) is 0 Å². The number of halogens is 1. The van der Waals surface area contributed by atoms with E-state index in [4.69, 9.17) is 0 Å². The van der Waals surface area contributed by atoms with Gasteiger partial charge in [-0.25, -0.2) is 4.68 Å². The summed E-state index contributed by atoms with van der Waals surface area (Å²) in [5, 5.41) is 12.7. The summed E-state index contributed by atoms with van der Waals surface area (Å²) in [4.78, 5) is 4.41. The smallest absolute Gasteiger partial charge is 0.104 e. The van der Waals surface area contributed by atoms with Gasteiger partial charge in [-0.3, -0.25) is 9.67 Å². The van der Waals surface area contributed by atoms with Gasteiger partial charge in [0.05, 0.1) is 35.1 Å². The van der Waals surface area contributed by atoms with Crippen molar-refractivity contribution in [2.75, 3.05) is 0 Å². The highest BCUT2D eigenvalue weighted by atomic mass is 79.9. The molecule has 0 aliphatic rings. The van der Waals surface area contributed by atoms with Crippen molar-refractivity contribution < 1.29 is 0 Å². The van der Waals surface area contributed by atoms with Crippen LogP contribution in [0.15, 0.2) is 47.5 Å². The Morgan fingerprint density at radius 3 is 2.86 bits per heavy atom. The second-order valence-electron chi connectivity index (χ2n) is 4.72. The fourth-order valence-corrected chi connectivity index (χ4v) is 2.56. The van der Waals surface area contributed by atoms with Gasteiger partial charge >= 0.3 is 0 Å². The molecule has 0 aliphatic heterocycles. The number of pyridine rings is 1. The molecular weight excluding hydrogens is 332 g/mol. The number of hydrogen-bond donors (Lipinski definition) is 0. The molecule has 0 fully saturated rings. The first-order valence-electron chi connectivity index (χ1n) is 6.76. The number of aromatic nitrogens is 6. The lowest BCUT2D eigenvalue weighted by Crippen LogP contribution is -2.11. The van der Waals surface area contributed by atoms with Crippen molar-refractivity contribution in [3.63, 3.8) is 0 Å². The fraction of sp³-hybridized carbons (Fsp3) is 0.286. The molecule has 3 aromatic heterocycles. The van der Waals surface area contributed by atoms with E-state index < -0.39 is 0 Å². The Bertz CT molecular complexity index is 705. The van der Waals surface area contributed by atoms with Crippen molar-refractivity contribution in [3.05, 3.63) is 58.8 Å². The van der Waals surface area contributed by atoms with E-state index in [0.717, 1.165) is 22.3 Å². The van der Waals surface area contributed by atoms with Crippen molar-refractivity contribution in [2.24, 2.45) is 0 Å². The first kappa shape index (κ1) is 13.9. The molecule has 0 bridgehead atoms. The van der Waals surface area contributed by atoms with Crippen molar-refractivity contribution in [2.45, 2.75) is 25.9 Å². The molecule has 0 saturated carbocycles. The Balaban J connectivity index is 1.80. The molecule has 108 valence electrons. The van der Waals surface area contributed by atoms with Gasteiger partial charge in [0.1, 0.15) is 5.69 Å². The maximum Gasteiger partial charge on any atom is 0.104 e. The topological polar surface area (TPSA) is 61.4 Å². The molecule has 0 unspecified atom stereocenters. The highest BCUT2D eigenvalue weighted by molar-refractivity contribution is 9.10.